The lowest BCUT2D eigenvalue weighted by molar-refractivity contribution is -0.141. The van der Waals surface area contributed by atoms with E-state index in [1.165, 1.54) is 25.7 Å². The van der Waals surface area contributed by atoms with Crippen LogP contribution in [0.3, 0.4) is 0 Å². The number of carbonyl (C=O) groups is 1. The number of carbonyl (C=O) groups excluding carboxylic acids is 1. The normalized spacial score (nSPS) is 36.3. The van der Waals surface area contributed by atoms with Crippen LogP contribution < -0.4 is 5.73 Å². The molecule has 0 spiro atoms. The summed E-state index contributed by atoms with van der Waals surface area (Å²) in [5.74, 6) is 2.17. The molecule has 3 heteroatoms. The molecule has 0 bridgehead atoms. The van der Waals surface area contributed by atoms with Crippen molar-refractivity contribution in [3.05, 3.63) is 0 Å². The predicted molar refractivity (Wildman–Crippen MR) is 78.7 cm³/mol. The van der Waals surface area contributed by atoms with Crippen molar-refractivity contribution >= 4 is 5.91 Å². The number of hydrogen-bond donors (Lipinski definition) is 1. The molecule has 3 nitrogen and oxygen atoms in total. The Labute approximate surface area is 117 Å². The summed E-state index contributed by atoms with van der Waals surface area (Å²) < 4.78 is 0. The molecule has 1 aliphatic heterocycles. The van der Waals surface area contributed by atoms with E-state index in [1.807, 2.05) is 0 Å². The van der Waals surface area contributed by atoms with E-state index in [-0.39, 0.29) is 5.92 Å². The van der Waals surface area contributed by atoms with Gasteiger partial charge in [0.25, 0.3) is 0 Å². The SMILES string of the molecule is CC1CCN(C(=O)C2CCCC(CCN)C2)C(C)C1. The molecule has 0 aromatic heterocycles. The number of piperidine rings is 1. The maximum Gasteiger partial charge on any atom is 0.225 e. The lowest BCUT2D eigenvalue weighted by Crippen LogP contribution is -2.47. The summed E-state index contributed by atoms with van der Waals surface area (Å²) in [5.41, 5.74) is 5.67. The molecular formula is C16H30N2O. The number of likely N-dealkylation sites (tertiary alicyclic amines) is 1. The molecular weight excluding hydrogens is 236 g/mol. The molecule has 110 valence electrons. The van der Waals surface area contributed by atoms with Crippen LogP contribution in [0.2, 0.25) is 0 Å². The van der Waals surface area contributed by atoms with E-state index in [1.54, 1.807) is 0 Å². The standard InChI is InChI=1S/C16H30N2O/c1-12-7-9-18(13(2)10-12)16(19)15-5-3-4-14(11-15)6-8-17/h12-15H,3-11,17H2,1-2H3. The van der Waals surface area contributed by atoms with Gasteiger partial charge in [-0.3, -0.25) is 4.79 Å². The van der Waals surface area contributed by atoms with Crippen molar-refractivity contribution in [2.24, 2.45) is 23.5 Å². The van der Waals surface area contributed by atoms with Crippen LogP contribution in [0.4, 0.5) is 0 Å². The average Bonchev–Trinajstić information content (AvgIpc) is 2.39. The number of nitrogens with zero attached hydrogens (tertiary/aromatic N) is 1. The van der Waals surface area contributed by atoms with E-state index in [0.717, 1.165) is 38.3 Å². The third kappa shape index (κ3) is 3.71. The predicted octanol–water partition coefficient (Wildman–Crippen LogP) is 2.79. The van der Waals surface area contributed by atoms with Crippen LogP contribution in [-0.2, 0) is 4.79 Å². The molecule has 1 saturated carbocycles. The van der Waals surface area contributed by atoms with E-state index in [2.05, 4.69) is 18.7 Å². The Bertz CT molecular complexity index is 303. The van der Waals surface area contributed by atoms with Crippen LogP contribution in [0.1, 0.15) is 58.8 Å². The summed E-state index contributed by atoms with van der Waals surface area (Å²) in [6.45, 7) is 6.26. The maximum atomic E-state index is 12.7. The van der Waals surface area contributed by atoms with Gasteiger partial charge in [0.2, 0.25) is 5.91 Å². The molecule has 2 N–H and O–H groups in total. The van der Waals surface area contributed by atoms with Gasteiger partial charge in [0.1, 0.15) is 0 Å². The van der Waals surface area contributed by atoms with E-state index in [9.17, 15) is 4.79 Å². The lowest BCUT2D eigenvalue weighted by atomic mass is 9.78. The largest absolute Gasteiger partial charge is 0.340 e. The Hall–Kier alpha value is -0.570. The Morgan fingerprint density at radius 3 is 2.68 bits per heavy atom. The van der Waals surface area contributed by atoms with E-state index in [0.29, 0.717) is 17.9 Å². The van der Waals surface area contributed by atoms with Crippen molar-refractivity contribution in [3.8, 4) is 0 Å². The van der Waals surface area contributed by atoms with Crippen molar-refractivity contribution in [1.29, 1.82) is 0 Å². The first-order valence-electron chi connectivity index (χ1n) is 8.12. The zero-order valence-corrected chi connectivity index (χ0v) is 12.6. The van der Waals surface area contributed by atoms with Gasteiger partial charge in [0.05, 0.1) is 0 Å². The van der Waals surface area contributed by atoms with E-state index in [4.69, 9.17) is 5.73 Å². The quantitative estimate of drug-likeness (QED) is 0.854. The van der Waals surface area contributed by atoms with Crippen molar-refractivity contribution in [1.82, 2.24) is 4.90 Å². The highest BCUT2D eigenvalue weighted by Crippen LogP contribution is 2.33. The van der Waals surface area contributed by atoms with Crippen LogP contribution in [0, 0.1) is 17.8 Å². The Kier molecular flexibility index (Phi) is 5.26. The molecule has 4 atom stereocenters. The molecule has 1 aliphatic carbocycles. The van der Waals surface area contributed by atoms with Gasteiger partial charge in [0, 0.05) is 18.5 Å². The monoisotopic (exact) mass is 266 g/mol. The molecule has 1 saturated heterocycles. The fourth-order valence-corrected chi connectivity index (χ4v) is 3.98. The van der Waals surface area contributed by atoms with E-state index >= 15 is 0 Å². The number of hydrogen-bond acceptors (Lipinski definition) is 2. The fraction of sp³-hybridized carbons (Fsp3) is 0.938. The summed E-state index contributed by atoms with van der Waals surface area (Å²) in [6, 6.07) is 0.436. The third-order valence-corrected chi connectivity index (χ3v) is 5.13. The van der Waals surface area contributed by atoms with Crippen LogP contribution in [0.25, 0.3) is 0 Å². The summed E-state index contributed by atoms with van der Waals surface area (Å²) in [6.07, 6.45) is 8.09. The van der Waals surface area contributed by atoms with Gasteiger partial charge in [0.15, 0.2) is 0 Å². The van der Waals surface area contributed by atoms with Gasteiger partial charge in [-0.2, -0.15) is 0 Å². The first-order valence-corrected chi connectivity index (χ1v) is 8.12. The minimum Gasteiger partial charge on any atom is -0.340 e. The molecule has 2 rings (SSSR count). The topological polar surface area (TPSA) is 46.3 Å². The van der Waals surface area contributed by atoms with E-state index < -0.39 is 0 Å². The van der Waals surface area contributed by atoms with Crippen molar-refractivity contribution < 1.29 is 4.79 Å². The lowest BCUT2D eigenvalue weighted by Gasteiger charge is -2.40. The smallest absolute Gasteiger partial charge is 0.225 e. The van der Waals surface area contributed by atoms with Gasteiger partial charge in [-0.25, -0.2) is 0 Å². The fourth-order valence-electron chi connectivity index (χ4n) is 3.98. The van der Waals surface area contributed by atoms with Gasteiger partial charge in [-0.15, -0.1) is 0 Å². The minimum atomic E-state index is 0.279. The van der Waals surface area contributed by atoms with Crippen LogP contribution in [0.5, 0.6) is 0 Å². The van der Waals surface area contributed by atoms with Crippen LogP contribution >= 0.6 is 0 Å². The maximum absolute atomic E-state index is 12.7. The number of amides is 1. The van der Waals surface area contributed by atoms with Crippen molar-refractivity contribution in [2.45, 2.75) is 64.8 Å². The minimum absolute atomic E-state index is 0.279. The third-order valence-electron chi connectivity index (χ3n) is 5.13. The molecule has 0 radical (unpaired) electrons. The first-order chi connectivity index (χ1) is 9.11. The van der Waals surface area contributed by atoms with Gasteiger partial charge in [-0.05, 0) is 57.4 Å². The summed E-state index contributed by atoms with van der Waals surface area (Å²) in [7, 11) is 0. The highest BCUT2D eigenvalue weighted by Gasteiger charge is 2.33. The summed E-state index contributed by atoms with van der Waals surface area (Å²) >= 11 is 0. The van der Waals surface area contributed by atoms with Gasteiger partial charge >= 0.3 is 0 Å². The summed E-state index contributed by atoms with van der Waals surface area (Å²) in [5, 5.41) is 0. The molecule has 4 unspecified atom stereocenters. The first kappa shape index (κ1) is 14.8. The van der Waals surface area contributed by atoms with Crippen LogP contribution in [-0.4, -0.2) is 29.9 Å². The zero-order valence-electron chi connectivity index (χ0n) is 12.6. The number of rotatable bonds is 3. The second kappa shape index (κ2) is 6.74. The highest BCUT2D eigenvalue weighted by molar-refractivity contribution is 5.79. The van der Waals surface area contributed by atoms with Crippen LogP contribution in [0.15, 0.2) is 0 Å². The molecule has 19 heavy (non-hydrogen) atoms. The van der Waals surface area contributed by atoms with Crippen molar-refractivity contribution in [3.63, 3.8) is 0 Å². The molecule has 2 aliphatic rings. The molecule has 1 heterocycles. The van der Waals surface area contributed by atoms with Crippen molar-refractivity contribution in [2.75, 3.05) is 13.1 Å². The molecule has 2 fully saturated rings. The highest BCUT2D eigenvalue weighted by atomic mass is 16.2. The Morgan fingerprint density at radius 1 is 1.21 bits per heavy atom. The average molecular weight is 266 g/mol. The zero-order chi connectivity index (χ0) is 13.8. The summed E-state index contributed by atoms with van der Waals surface area (Å²) in [4.78, 5) is 14.9. The second-order valence-corrected chi connectivity index (χ2v) is 6.82. The van der Waals surface area contributed by atoms with Gasteiger partial charge in [-0.1, -0.05) is 19.8 Å². The number of nitrogens with two attached hydrogens (primary N) is 1. The molecule has 1 amide bonds. The molecule has 0 aromatic rings. The Balaban J connectivity index is 1.91. The molecule has 0 aromatic carbocycles. The van der Waals surface area contributed by atoms with Gasteiger partial charge < -0.3 is 10.6 Å². The second-order valence-electron chi connectivity index (χ2n) is 6.82. The Morgan fingerprint density at radius 2 is 2.00 bits per heavy atom.